The van der Waals surface area contributed by atoms with Crippen LogP contribution in [0.25, 0.3) is 0 Å². The monoisotopic (exact) mass is 593 g/mol. The number of hydrogen-bond acceptors (Lipinski definition) is 0. The van der Waals surface area contributed by atoms with Crippen LogP contribution in [0.1, 0.15) is 117 Å². The second-order valence-corrected chi connectivity index (χ2v) is 19.9. The van der Waals surface area contributed by atoms with Gasteiger partial charge in [0.15, 0.2) is 0 Å². The van der Waals surface area contributed by atoms with E-state index in [0.717, 1.165) is 154 Å². The summed E-state index contributed by atoms with van der Waals surface area (Å²) < 4.78 is 0. The predicted molar refractivity (Wildman–Crippen MR) is 186 cm³/mol. The third-order valence-corrected chi connectivity index (χ3v) is 20.0. The molecule has 0 nitrogen and oxygen atoms in total. The molecule has 6 rings (SSSR count). The summed E-state index contributed by atoms with van der Waals surface area (Å²) in [4.78, 5) is 0. The fourth-order valence-electron chi connectivity index (χ4n) is 16.0. The first-order valence-electron chi connectivity index (χ1n) is 20.1. The molecule has 0 radical (unpaired) electrons. The molecule has 0 aromatic rings. The van der Waals surface area contributed by atoms with Gasteiger partial charge in [0.1, 0.15) is 0 Å². The lowest BCUT2D eigenvalue weighted by molar-refractivity contribution is -0.0377. The fourth-order valence-corrected chi connectivity index (χ4v) is 16.0. The maximum atomic E-state index is 2.74. The van der Waals surface area contributed by atoms with E-state index < -0.39 is 0 Å². The smallest absolute Gasteiger partial charge is 0.0318 e. The highest BCUT2D eigenvalue weighted by molar-refractivity contribution is 5.14. The zero-order valence-electron chi connectivity index (χ0n) is 31.7. The summed E-state index contributed by atoms with van der Waals surface area (Å²) >= 11 is 0. The molecule has 0 saturated heterocycles. The molecule has 24 unspecified atom stereocenters. The quantitative estimate of drug-likeness (QED) is 0.299. The first-order chi connectivity index (χ1) is 20.1. The highest BCUT2D eigenvalue weighted by Gasteiger charge is 2.67. The van der Waals surface area contributed by atoms with Crippen molar-refractivity contribution in [2.24, 2.45) is 154 Å². The average molecular weight is 593 g/mol. The van der Waals surface area contributed by atoms with Gasteiger partial charge in [-0.25, -0.2) is 0 Å². The molecule has 6 fully saturated rings. The Hall–Kier alpha value is 0. The molecule has 0 N–H and O–H groups in total. The molecular weight excluding hydrogens is 516 g/mol. The average Bonchev–Trinajstić information content (AvgIpc) is 3.50. The summed E-state index contributed by atoms with van der Waals surface area (Å²) in [5.41, 5.74) is 0. The van der Waals surface area contributed by atoms with E-state index in [1.54, 1.807) is 6.42 Å². The van der Waals surface area contributed by atoms with Crippen molar-refractivity contribution in [2.45, 2.75) is 117 Å². The summed E-state index contributed by atoms with van der Waals surface area (Å²) in [6.07, 6.45) is 1.58. The largest absolute Gasteiger partial charge is 0.0620 e. The van der Waals surface area contributed by atoms with Gasteiger partial charge in [-0.2, -0.15) is 0 Å². The van der Waals surface area contributed by atoms with Crippen LogP contribution in [0.5, 0.6) is 0 Å². The Morgan fingerprint density at radius 2 is 0.326 bits per heavy atom. The van der Waals surface area contributed by atoms with Gasteiger partial charge < -0.3 is 0 Å². The second-order valence-electron chi connectivity index (χ2n) is 19.9. The van der Waals surface area contributed by atoms with Crippen molar-refractivity contribution in [3.05, 3.63) is 0 Å². The van der Waals surface area contributed by atoms with Crippen molar-refractivity contribution < 1.29 is 0 Å². The van der Waals surface area contributed by atoms with Crippen molar-refractivity contribution >= 4 is 0 Å². The van der Waals surface area contributed by atoms with Gasteiger partial charge in [-0.3, -0.25) is 0 Å². The molecule has 24 atom stereocenters. The second kappa shape index (κ2) is 11.3. The van der Waals surface area contributed by atoms with Gasteiger partial charge in [-0.1, -0.05) is 111 Å². The van der Waals surface area contributed by atoms with Crippen molar-refractivity contribution in [3.8, 4) is 0 Å². The summed E-state index contributed by atoms with van der Waals surface area (Å²) in [6.45, 7) is 43.0. The van der Waals surface area contributed by atoms with Crippen LogP contribution in [-0.2, 0) is 0 Å². The highest BCUT2D eigenvalue weighted by Crippen LogP contribution is 2.72. The van der Waals surface area contributed by atoms with Crippen molar-refractivity contribution in [1.29, 1.82) is 0 Å². The number of rotatable bonds is 2. The molecule has 6 aliphatic rings. The lowest BCUT2D eigenvalue weighted by atomic mass is 9.53. The lowest BCUT2D eigenvalue weighted by Gasteiger charge is -2.51. The molecule has 0 aliphatic heterocycles. The Bertz CT molecular complexity index is 842. The maximum absolute atomic E-state index is 2.74. The molecule has 0 bridgehead atoms. The highest BCUT2D eigenvalue weighted by atomic mass is 14.7. The van der Waals surface area contributed by atoms with Gasteiger partial charge in [0, 0.05) is 0 Å². The van der Waals surface area contributed by atoms with Crippen LogP contribution in [0.4, 0.5) is 0 Å². The van der Waals surface area contributed by atoms with Crippen molar-refractivity contribution in [3.63, 3.8) is 0 Å². The molecule has 0 heteroatoms. The Morgan fingerprint density at radius 3 is 0.488 bits per heavy atom. The van der Waals surface area contributed by atoms with E-state index in [9.17, 15) is 0 Å². The Morgan fingerprint density at radius 1 is 0.186 bits per heavy atom. The molecular formula is C43H76. The van der Waals surface area contributed by atoms with Gasteiger partial charge >= 0.3 is 0 Å². The van der Waals surface area contributed by atoms with Crippen LogP contribution in [-0.4, -0.2) is 0 Å². The van der Waals surface area contributed by atoms with Crippen LogP contribution < -0.4 is 0 Å². The summed E-state index contributed by atoms with van der Waals surface area (Å²) in [5, 5.41) is 0. The minimum atomic E-state index is 0.868. The van der Waals surface area contributed by atoms with Crippen LogP contribution >= 0.6 is 0 Å². The van der Waals surface area contributed by atoms with Crippen LogP contribution in [0.15, 0.2) is 0 Å². The van der Waals surface area contributed by atoms with Gasteiger partial charge in [0.05, 0.1) is 0 Å². The van der Waals surface area contributed by atoms with Gasteiger partial charge in [0.2, 0.25) is 0 Å². The maximum Gasteiger partial charge on any atom is -0.0318 e. The molecule has 0 spiro atoms. The van der Waals surface area contributed by atoms with E-state index in [2.05, 4.69) is 111 Å². The van der Waals surface area contributed by atoms with Gasteiger partial charge in [-0.15, -0.1) is 0 Å². The van der Waals surface area contributed by atoms with Crippen molar-refractivity contribution in [1.82, 2.24) is 0 Å². The Labute approximate surface area is 270 Å². The third kappa shape index (κ3) is 4.37. The number of hydrogen-bond donors (Lipinski definition) is 0. The minimum absolute atomic E-state index is 0.868. The Kier molecular flexibility index (Phi) is 8.66. The topological polar surface area (TPSA) is 0 Å². The van der Waals surface area contributed by atoms with Crippen LogP contribution in [0, 0.1) is 154 Å². The van der Waals surface area contributed by atoms with E-state index in [1.807, 2.05) is 0 Å². The first kappa shape index (κ1) is 32.9. The summed E-state index contributed by atoms with van der Waals surface area (Å²) in [6, 6.07) is 0. The normalized spacial score (nSPS) is 66.7. The van der Waals surface area contributed by atoms with E-state index in [0.29, 0.717) is 0 Å². The van der Waals surface area contributed by atoms with E-state index in [1.165, 1.54) is 0 Å². The summed E-state index contributed by atoms with van der Waals surface area (Å²) in [7, 11) is 0. The lowest BCUT2D eigenvalue weighted by Crippen LogP contribution is -2.46. The SMILES string of the molecule is CC1C(C)C(C)C2C(C1C)C(CC1C3C(C)C(C)C(C)C(C)C3C3C(C)C(C)C(C)C(C)C13)C1C(C)C(C)C(C)C(C)C12. The fraction of sp³-hybridized carbons (Fsp3) is 1.00. The standard InChI is InChI=1S/C43H76/c1-18-22(5)30(13)40-36(26(18)9)34(37-27(10)19(2)23(6)31(14)41(37)40)17-35-38-28(11)20(3)24(7)32(15)42(38)43-33(16)25(8)21(4)29(12)39(35)43/h18-43H,17H2,1-16H3. The predicted octanol–water partition coefficient (Wildman–Crippen LogP) is 11.8. The summed E-state index contributed by atoms with van der Waals surface area (Å²) in [5.74, 6) is 23.6. The number of fused-ring (bicyclic) bond motifs is 6. The van der Waals surface area contributed by atoms with E-state index in [-0.39, 0.29) is 0 Å². The van der Waals surface area contributed by atoms with Gasteiger partial charge in [-0.05, 0) is 160 Å². The molecule has 0 aromatic carbocycles. The minimum Gasteiger partial charge on any atom is -0.0620 e. The Balaban J connectivity index is 1.47. The molecule has 248 valence electrons. The van der Waals surface area contributed by atoms with Gasteiger partial charge in [0.25, 0.3) is 0 Å². The third-order valence-electron chi connectivity index (χ3n) is 20.0. The molecule has 0 heterocycles. The van der Waals surface area contributed by atoms with E-state index >= 15 is 0 Å². The molecule has 0 aromatic heterocycles. The molecule has 6 aliphatic carbocycles. The van der Waals surface area contributed by atoms with Crippen LogP contribution in [0.3, 0.4) is 0 Å². The molecule has 43 heavy (non-hydrogen) atoms. The molecule has 0 amide bonds. The zero-order valence-corrected chi connectivity index (χ0v) is 31.7. The van der Waals surface area contributed by atoms with Crippen molar-refractivity contribution in [2.75, 3.05) is 0 Å². The molecule has 6 saturated carbocycles. The first-order valence-corrected chi connectivity index (χ1v) is 20.1. The van der Waals surface area contributed by atoms with E-state index in [4.69, 9.17) is 0 Å². The van der Waals surface area contributed by atoms with Crippen LogP contribution in [0.2, 0.25) is 0 Å². The zero-order chi connectivity index (χ0) is 31.7.